The molecule has 4 amide bonds. The Morgan fingerprint density at radius 1 is 1.24 bits per heavy atom. The Labute approximate surface area is 168 Å². The van der Waals surface area contributed by atoms with Crippen LogP contribution in [0.3, 0.4) is 0 Å². The molecule has 29 heavy (non-hydrogen) atoms. The molecule has 1 aromatic rings. The Bertz CT molecular complexity index is 960. The second-order valence-electron chi connectivity index (χ2n) is 6.35. The van der Waals surface area contributed by atoms with Gasteiger partial charge in [0, 0.05) is 7.05 Å². The van der Waals surface area contributed by atoms with Crippen molar-refractivity contribution < 1.29 is 32.1 Å². The number of hydrogen-bond donors (Lipinski definition) is 1. The van der Waals surface area contributed by atoms with Crippen molar-refractivity contribution in [1.29, 1.82) is 0 Å². The van der Waals surface area contributed by atoms with Gasteiger partial charge in [0.2, 0.25) is 5.91 Å². The Kier molecular flexibility index (Phi) is 5.39. The first kappa shape index (κ1) is 20.8. The number of carbonyl (C=O) groups is 3. The van der Waals surface area contributed by atoms with Crippen LogP contribution in [0.5, 0.6) is 0 Å². The molecule has 1 fully saturated rings. The summed E-state index contributed by atoms with van der Waals surface area (Å²) in [5.74, 6) is -1.01. The van der Waals surface area contributed by atoms with Crippen LogP contribution >= 0.6 is 11.8 Å². The lowest BCUT2D eigenvalue weighted by molar-refractivity contribution is -0.367. The summed E-state index contributed by atoms with van der Waals surface area (Å²) in [7, 11) is 4.46. The molecule has 3 rings (SSSR count). The van der Waals surface area contributed by atoms with Crippen molar-refractivity contribution in [2.45, 2.75) is 12.2 Å². The highest BCUT2D eigenvalue weighted by atomic mass is 32.2. The van der Waals surface area contributed by atoms with E-state index in [1.54, 1.807) is 7.05 Å². The molecular weight excluding hydrogens is 411 g/mol. The number of benzene rings is 1. The van der Waals surface area contributed by atoms with Gasteiger partial charge in [-0.2, -0.15) is 13.2 Å². The quantitative estimate of drug-likeness (QED) is 0.743. The fourth-order valence-electron chi connectivity index (χ4n) is 3.00. The number of nitrogens with zero attached hydrogens (tertiary/aromatic N) is 4. The molecule has 2 aliphatic rings. The zero-order valence-corrected chi connectivity index (χ0v) is 16.5. The number of nitrogens with one attached hydrogen (secondary N) is 1. The molecule has 1 atom stereocenters. The van der Waals surface area contributed by atoms with Crippen LogP contribution in [-0.4, -0.2) is 76.2 Å². The van der Waals surface area contributed by atoms with Gasteiger partial charge in [0.05, 0.1) is 31.1 Å². The van der Waals surface area contributed by atoms with Gasteiger partial charge in [-0.3, -0.25) is 14.5 Å². The van der Waals surface area contributed by atoms with Crippen molar-refractivity contribution in [3.63, 3.8) is 0 Å². The van der Waals surface area contributed by atoms with Gasteiger partial charge >= 0.3 is 12.2 Å². The second kappa shape index (κ2) is 7.50. The lowest BCUT2D eigenvalue weighted by Crippen LogP contribution is -2.59. The lowest BCUT2D eigenvalue weighted by atomic mass is 10.1. The maximum atomic E-state index is 13.0. The number of urea groups is 1. The number of aliphatic imine (C=N–C) groups is 1. The highest BCUT2D eigenvalue weighted by Gasteiger charge is 2.51. The zero-order chi connectivity index (χ0) is 21.5. The van der Waals surface area contributed by atoms with Gasteiger partial charge in [0.15, 0.2) is 0 Å². The minimum atomic E-state index is -4.59. The van der Waals surface area contributed by atoms with Crippen molar-refractivity contribution >= 4 is 46.3 Å². The van der Waals surface area contributed by atoms with Crippen LogP contribution in [0.25, 0.3) is 0 Å². The fourth-order valence-corrected chi connectivity index (χ4v) is 3.80. The third-order valence-corrected chi connectivity index (χ3v) is 5.48. The average Bonchev–Trinajstić information content (AvgIpc) is 2.99. The number of para-hydroxylation sites is 1. The normalized spacial score (nSPS) is 19.5. The molecule has 0 spiro atoms. The SMILES string of the molecule is CN1C(=O)C2N=C(SCC(=O)Nc3ccccc3C(F)(F)F)[N+](C)=C2N(C)C1=O. The Hall–Kier alpha value is -2.89. The van der Waals surface area contributed by atoms with E-state index in [2.05, 4.69) is 10.3 Å². The number of alkyl halides is 3. The Balaban J connectivity index is 1.72. The number of amides is 4. The molecule has 0 aliphatic carbocycles. The smallest absolute Gasteiger partial charge is 0.325 e. The summed E-state index contributed by atoms with van der Waals surface area (Å²) in [5.41, 5.74) is -1.28. The second-order valence-corrected chi connectivity index (χ2v) is 7.29. The van der Waals surface area contributed by atoms with Gasteiger partial charge in [0.25, 0.3) is 23.0 Å². The molecule has 2 heterocycles. The molecule has 0 bridgehead atoms. The summed E-state index contributed by atoms with van der Waals surface area (Å²) < 4.78 is 40.6. The number of thioether (sulfide) groups is 1. The van der Waals surface area contributed by atoms with Gasteiger partial charge in [-0.15, -0.1) is 4.99 Å². The first-order valence-corrected chi connectivity index (χ1v) is 9.33. The summed E-state index contributed by atoms with van der Waals surface area (Å²) in [4.78, 5) is 43.1. The largest absolute Gasteiger partial charge is 0.418 e. The van der Waals surface area contributed by atoms with Crippen LogP contribution in [-0.2, 0) is 15.8 Å². The monoisotopic (exact) mass is 428 g/mol. The number of imide groups is 1. The van der Waals surface area contributed by atoms with Crippen molar-refractivity contribution in [2.24, 2.45) is 4.99 Å². The standard InChI is InChI=1S/C17H16F3N5O3S/c1-23-13-12(14(27)25(3)16(28)24(13)2)22-15(23)29-8-11(26)21-10-7-5-4-6-9(10)17(18,19)20/h4-7,12H,8H2,1-3H3/p+1. The molecule has 1 saturated heterocycles. The number of fused-ring (bicyclic) bond motifs is 1. The van der Waals surface area contributed by atoms with Crippen LogP contribution < -0.4 is 5.32 Å². The third-order valence-electron chi connectivity index (χ3n) is 4.44. The van der Waals surface area contributed by atoms with E-state index in [-0.39, 0.29) is 11.4 Å². The van der Waals surface area contributed by atoms with Gasteiger partial charge in [-0.25, -0.2) is 14.3 Å². The van der Waals surface area contributed by atoms with Crippen LogP contribution in [0.2, 0.25) is 0 Å². The predicted molar refractivity (Wildman–Crippen MR) is 101 cm³/mol. The molecular formula is C17H17F3N5O3S+. The third kappa shape index (κ3) is 3.84. The van der Waals surface area contributed by atoms with E-state index in [1.807, 2.05) is 0 Å². The highest BCUT2D eigenvalue weighted by molar-refractivity contribution is 8.14. The molecule has 0 saturated carbocycles. The molecule has 8 nitrogen and oxygen atoms in total. The van der Waals surface area contributed by atoms with Gasteiger partial charge in [-0.05, 0) is 23.9 Å². The summed E-state index contributed by atoms with van der Waals surface area (Å²) in [6, 6.07) is 3.28. The molecule has 0 radical (unpaired) electrons. The molecule has 154 valence electrons. The van der Waals surface area contributed by atoms with E-state index in [0.29, 0.717) is 11.0 Å². The maximum absolute atomic E-state index is 13.0. The summed E-state index contributed by atoms with van der Waals surface area (Å²) in [5, 5.41) is 2.56. The first-order chi connectivity index (χ1) is 13.5. The van der Waals surface area contributed by atoms with Crippen molar-refractivity contribution in [3.05, 3.63) is 29.8 Å². The van der Waals surface area contributed by atoms with E-state index < -0.39 is 35.6 Å². The fraction of sp³-hybridized carbons (Fsp3) is 0.353. The van der Waals surface area contributed by atoms with Crippen molar-refractivity contribution in [3.8, 4) is 0 Å². The van der Waals surface area contributed by atoms with Crippen molar-refractivity contribution in [2.75, 3.05) is 32.2 Å². The Morgan fingerprint density at radius 2 is 1.90 bits per heavy atom. The predicted octanol–water partition coefficient (Wildman–Crippen LogP) is 1.68. The average molecular weight is 428 g/mol. The molecule has 1 N–H and O–H groups in total. The number of likely N-dealkylation sites (N-methyl/N-ethyl adjacent to an activating group) is 2. The van der Waals surface area contributed by atoms with Gasteiger partial charge in [-0.1, -0.05) is 12.1 Å². The molecule has 1 unspecified atom stereocenters. The first-order valence-electron chi connectivity index (χ1n) is 8.35. The minimum Gasteiger partial charge on any atom is -0.325 e. The van der Waals surface area contributed by atoms with E-state index >= 15 is 0 Å². The number of amidine groups is 2. The van der Waals surface area contributed by atoms with E-state index in [4.69, 9.17) is 0 Å². The maximum Gasteiger partial charge on any atom is 0.418 e. The molecule has 2 aliphatic heterocycles. The van der Waals surface area contributed by atoms with E-state index in [0.717, 1.165) is 22.7 Å². The lowest BCUT2D eigenvalue weighted by Gasteiger charge is -2.27. The van der Waals surface area contributed by atoms with Crippen LogP contribution in [0.15, 0.2) is 29.3 Å². The van der Waals surface area contributed by atoms with Crippen LogP contribution in [0, 0.1) is 0 Å². The number of hydrogen-bond acceptors (Lipinski definition) is 5. The topological polar surface area (TPSA) is 85.1 Å². The van der Waals surface area contributed by atoms with E-state index in [1.165, 1.54) is 41.8 Å². The molecule has 0 aromatic heterocycles. The summed E-state index contributed by atoms with van der Waals surface area (Å²) in [6.07, 6.45) is -4.59. The summed E-state index contributed by atoms with van der Waals surface area (Å²) in [6.45, 7) is 0. The molecule has 1 aromatic carbocycles. The Morgan fingerprint density at radius 3 is 2.55 bits per heavy atom. The highest BCUT2D eigenvalue weighted by Crippen LogP contribution is 2.34. The van der Waals surface area contributed by atoms with Gasteiger partial charge < -0.3 is 5.32 Å². The number of carbonyl (C=O) groups excluding carboxylic acids is 3. The van der Waals surface area contributed by atoms with E-state index in [9.17, 15) is 27.6 Å². The minimum absolute atomic E-state index is 0.225. The number of halogens is 3. The number of rotatable bonds is 3. The zero-order valence-electron chi connectivity index (χ0n) is 15.6. The number of anilines is 1. The van der Waals surface area contributed by atoms with Crippen LogP contribution in [0.4, 0.5) is 23.7 Å². The summed E-state index contributed by atoms with van der Waals surface area (Å²) >= 11 is 0.958. The van der Waals surface area contributed by atoms with Crippen LogP contribution in [0.1, 0.15) is 5.56 Å². The van der Waals surface area contributed by atoms with Crippen molar-refractivity contribution in [1.82, 2.24) is 9.80 Å². The van der Waals surface area contributed by atoms with Gasteiger partial charge in [0.1, 0.15) is 0 Å². The molecule has 12 heteroatoms.